The predicted octanol–water partition coefficient (Wildman–Crippen LogP) is 3.65. The largest absolute Gasteiger partial charge is 0.381 e. The van der Waals surface area contributed by atoms with Gasteiger partial charge in [0.15, 0.2) is 17.2 Å². The molecule has 0 radical (unpaired) electrons. The van der Waals surface area contributed by atoms with Crippen molar-refractivity contribution in [3.63, 3.8) is 0 Å². The maximum atomic E-state index is 16.9. The summed E-state index contributed by atoms with van der Waals surface area (Å²) in [4.78, 5) is 38.1. The van der Waals surface area contributed by atoms with E-state index >= 15 is 4.39 Å². The van der Waals surface area contributed by atoms with Gasteiger partial charge in [-0.2, -0.15) is 0 Å². The molecule has 0 heterocycles. The topological polar surface area (TPSA) is 71.4 Å². The molecule has 4 fully saturated rings. The van der Waals surface area contributed by atoms with Crippen LogP contribution >= 0.6 is 11.6 Å². The zero-order valence-corrected chi connectivity index (χ0v) is 17.7. The summed E-state index contributed by atoms with van der Waals surface area (Å²) in [6.07, 6.45) is 2.69. The molecule has 4 saturated carbocycles. The highest BCUT2D eigenvalue weighted by Crippen LogP contribution is 2.70. The SMILES string of the molecule is C[C@H]1C[C@H]2[C@@H]3CC[C@H]4CC(=O)CC[C@]4(C)[C@@]3(F)C(=O)C[C@]2(C)[C@@]1(O)C(=O)CCl. The van der Waals surface area contributed by atoms with Gasteiger partial charge in [0.05, 0.1) is 5.88 Å². The average molecular weight is 413 g/mol. The zero-order chi connectivity index (χ0) is 20.7. The molecule has 0 aromatic rings. The van der Waals surface area contributed by atoms with E-state index in [2.05, 4.69) is 0 Å². The van der Waals surface area contributed by atoms with Gasteiger partial charge >= 0.3 is 0 Å². The molecule has 28 heavy (non-hydrogen) atoms. The number of carbonyl (C=O) groups is 3. The fourth-order valence-electron chi connectivity index (χ4n) is 7.80. The third-order valence-electron chi connectivity index (χ3n) is 9.44. The third-order valence-corrected chi connectivity index (χ3v) is 9.68. The lowest BCUT2D eigenvalue weighted by molar-refractivity contribution is -0.207. The highest BCUT2D eigenvalue weighted by molar-refractivity contribution is 6.29. The number of hydrogen-bond acceptors (Lipinski definition) is 4. The van der Waals surface area contributed by atoms with Crippen LogP contribution in [0.5, 0.6) is 0 Å². The van der Waals surface area contributed by atoms with Gasteiger partial charge in [-0.1, -0.05) is 20.8 Å². The van der Waals surface area contributed by atoms with E-state index in [-0.39, 0.29) is 35.8 Å². The van der Waals surface area contributed by atoms with Crippen LogP contribution in [0.2, 0.25) is 0 Å². The van der Waals surface area contributed by atoms with Crippen LogP contribution in [0.4, 0.5) is 4.39 Å². The highest BCUT2D eigenvalue weighted by Gasteiger charge is 2.76. The monoisotopic (exact) mass is 412 g/mol. The molecule has 4 nitrogen and oxygen atoms in total. The van der Waals surface area contributed by atoms with Gasteiger partial charge in [-0.3, -0.25) is 14.4 Å². The first-order valence-electron chi connectivity index (χ1n) is 10.5. The number of rotatable bonds is 2. The summed E-state index contributed by atoms with van der Waals surface area (Å²) < 4.78 is 16.9. The maximum Gasteiger partial charge on any atom is 0.179 e. The number of ketones is 3. The molecule has 0 saturated heterocycles. The first kappa shape index (κ1) is 20.5. The summed E-state index contributed by atoms with van der Waals surface area (Å²) in [6.45, 7) is 5.44. The van der Waals surface area contributed by atoms with Gasteiger partial charge < -0.3 is 5.11 Å². The predicted molar refractivity (Wildman–Crippen MR) is 103 cm³/mol. The Balaban J connectivity index is 1.80. The molecule has 1 N–H and O–H groups in total. The number of halogens is 2. The van der Waals surface area contributed by atoms with Gasteiger partial charge in [0.25, 0.3) is 0 Å². The van der Waals surface area contributed by atoms with E-state index in [1.54, 1.807) is 6.92 Å². The van der Waals surface area contributed by atoms with Crippen LogP contribution in [0, 0.1) is 34.5 Å². The first-order chi connectivity index (χ1) is 13.0. The Kier molecular flexibility index (Phi) is 4.46. The number of Topliss-reactive ketones (excluding diaryl/α,β-unsaturated/α-hetero) is 3. The minimum absolute atomic E-state index is 0.106. The quantitative estimate of drug-likeness (QED) is 0.702. The normalized spacial score (nSPS) is 53.4. The Labute approximate surface area is 170 Å². The van der Waals surface area contributed by atoms with E-state index < -0.39 is 39.6 Å². The lowest BCUT2D eigenvalue weighted by Gasteiger charge is -2.62. The van der Waals surface area contributed by atoms with E-state index in [9.17, 15) is 19.5 Å². The molecule has 0 unspecified atom stereocenters. The Bertz CT molecular complexity index is 755. The van der Waals surface area contributed by atoms with E-state index in [4.69, 9.17) is 11.6 Å². The lowest BCUT2D eigenvalue weighted by Crippen LogP contribution is -2.69. The second kappa shape index (κ2) is 6.10. The summed E-state index contributed by atoms with van der Waals surface area (Å²) in [7, 11) is 0. The second-order valence-electron chi connectivity index (χ2n) is 10.3. The molecule has 4 aliphatic carbocycles. The first-order valence-corrected chi connectivity index (χ1v) is 11.1. The number of aliphatic hydroxyl groups is 1. The molecule has 0 amide bonds. The van der Waals surface area contributed by atoms with E-state index in [0.717, 1.165) is 0 Å². The standard InChI is InChI=1S/C22H30ClFO4/c1-12-8-16-15-5-4-13-9-14(25)6-7-19(13,2)21(15,24)17(26)10-20(16,3)22(12,28)18(27)11-23/h12-13,15-16,28H,4-11H2,1-3H3/t12-,13-,15-,16-,19-,20-,21-,22-/m0/s1. The van der Waals surface area contributed by atoms with Crippen LogP contribution in [0.15, 0.2) is 0 Å². The van der Waals surface area contributed by atoms with Gasteiger partial charge in [0, 0.05) is 36.0 Å². The van der Waals surface area contributed by atoms with Crippen molar-refractivity contribution in [2.75, 3.05) is 5.88 Å². The Morgan fingerprint density at radius 1 is 1.21 bits per heavy atom. The van der Waals surface area contributed by atoms with Crippen LogP contribution < -0.4 is 0 Å². The number of carbonyl (C=O) groups excluding carboxylic acids is 3. The van der Waals surface area contributed by atoms with Crippen molar-refractivity contribution in [1.82, 2.24) is 0 Å². The van der Waals surface area contributed by atoms with Gasteiger partial charge in [-0.25, -0.2) is 4.39 Å². The highest BCUT2D eigenvalue weighted by atomic mass is 35.5. The summed E-state index contributed by atoms with van der Waals surface area (Å²) in [5.74, 6) is -2.36. The third kappa shape index (κ3) is 2.13. The average Bonchev–Trinajstić information content (AvgIpc) is 2.84. The molecule has 4 aliphatic rings. The minimum Gasteiger partial charge on any atom is -0.381 e. The van der Waals surface area contributed by atoms with Gasteiger partial charge in [0.1, 0.15) is 11.4 Å². The molecule has 0 aliphatic heterocycles. The lowest BCUT2D eigenvalue weighted by atomic mass is 9.42. The zero-order valence-electron chi connectivity index (χ0n) is 16.9. The van der Waals surface area contributed by atoms with Crippen molar-refractivity contribution < 1.29 is 23.9 Å². The molecule has 6 heteroatoms. The molecular formula is C22H30ClFO4. The molecule has 8 atom stereocenters. The summed E-state index contributed by atoms with van der Waals surface area (Å²) in [6, 6.07) is 0. The van der Waals surface area contributed by atoms with Gasteiger partial charge in [-0.15, -0.1) is 11.6 Å². The van der Waals surface area contributed by atoms with Crippen LogP contribution in [-0.4, -0.2) is 39.6 Å². The van der Waals surface area contributed by atoms with E-state index in [1.165, 1.54) is 0 Å². The van der Waals surface area contributed by atoms with Crippen LogP contribution in [0.25, 0.3) is 0 Å². The minimum atomic E-state index is -1.99. The Morgan fingerprint density at radius 2 is 1.89 bits per heavy atom. The van der Waals surface area contributed by atoms with Crippen molar-refractivity contribution in [3.05, 3.63) is 0 Å². The van der Waals surface area contributed by atoms with Crippen LogP contribution in [0.3, 0.4) is 0 Å². The van der Waals surface area contributed by atoms with Crippen molar-refractivity contribution in [3.8, 4) is 0 Å². The van der Waals surface area contributed by atoms with Crippen molar-refractivity contribution in [2.45, 2.75) is 77.0 Å². The summed E-state index contributed by atoms with van der Waals surface area (Å²) in [5.41, 5.74) is -5.53. The maximum absolute atomic E-state index is 16.9. The fourth-order valence-corrected chi connectivity index (χ4v) is 8.00. The molecule has 0 bridgehead atoms. The van der Waals surface area contributed by atoms with Crippen molar-refractivity contribution in [2.24, 2.45) is 34.5 Å². The second-order valence-corrected chi connectivity index (χ2v) is 10.6. The Morgan fingerprint density at radius 3 is 2.54 bits per heavy atom. The smallest absolute Gasteiger partial charge is 0.179 e. The van der Waals surface area contributed by atoms with Crippen molar-refractivity contribution in [1.29, 1.82) is 0 Å². The molecule has 4 rings (SSSR count). The number of alkyl halides is 2. The fraction of sp³-hybridized carbons (Fsp3) is 0.864. The van der Waals surface area contributed by atoms with Gasteiger partial charge in [-0.05, 0) is 43.4 Å². The molecular weight excluding hydrogens is 383 g/mol. The van der Waals surface area contributed by atoms with E-state index in [0.29, 0.717) is 38.5 Å². The number of fused-ring (bicyclic) bond motifs is 5. The molecule has 0 aromatic carbocycles. The van der Waals surface area contributed by atoms with Crippen LogP contribution in [-0.2, 0) is 14.4 Å². The van der Waals surface area contributed by atoms with Gasteiger partial charge in [0.2, 0.25) is 0 Å². The van der Waals surface area contributed by atoms with Crippen molar-refractivity contribution >= 4 is 29.0 Å². The molecule has 0 aromatic heterocycles. The Hall–Kier alpha value is -0.810. The molecule has 0 spiro atoms. The van der Waals surface area contributed by atoms with Crippen LogP contribution in [0.1, 0.15) is 65.7 Å². The number of hydrogen-bond donors (Lipinski definition) is 1. The van der Waals surface area contributed by atoms with E-state index in [1.807, 2.05) is 13.8 Å². The molecule has 156 valence electrons. The summed E-state index contributed by atoms with van der Waals surface area (Å²) >= 11 is 5.81. The summed E-state index contributed by atoms with van der Waals surface area (Å²) in [5, 5.41) is 11.5.